The van der Waals surface area contributed by atoms with Crippen LogP contribution in [0.1, 0.15) is 25.8 Å². The number of benzene rings is 2. The number of ether oxygens (including phenoxy) is 1. The molecule has 0 fully saturated rings. The molecule has 0 radical (unpaired) electrons. The first-order chi connectivity index (χ1) is 14.5. The minimum absolute atomic E-state index is 0.00811. The van der Waals surface area contributed by atoms with Crippen LogP contribution in [0.4, 0.5) is 11.6 Å². The lowest BCUT2D eigenvalue weighted by Gasteiger charge is -2.13. The predicted molar refractivity (Wildman–Crippen MR) is 116 cm³/mol. The number of rotatable bonds is 9. The number of nitrogens with one attached hydrogen (secondary N) is 1. The van der Waals surface area contributed by atoms with Crippen molar-refractivity contribution in [2.45, 2.75) is 32.9 Å². The Morgan fingerprint density at radius 3 is 2.67 bits per heavy atom. The monoisotopic (exact) mass is 409 g/mol. The van der Waals surface area contributed by atoms with E-state index in [1.54, 1.807) is 34.9 Å². The van der Waals surface area contributed by atoms with Gasteiger partial charge in [-0.1, -0.05) is 12.1 Å². The minimum Gasteiger partial charge on any atom is -0.379 e. The third-order valence-corrected chi connectivity index (χ3v) is 4.32. The number of hydrazone groups is 1. The first kappa shape index (κ1) is 21.1. The third kappa shape index (κ3) is 5.26. The molecule has 0 bridgehead atoms. The van der Waals surface area contributed by atoms with Crippen molar-refractivity contribution < 1.29 is 9.66 Å². The summed E-state index contributed by atoms with van der Waals surface area (Å²) in [4.78, 5) is 27.7. The van der Waals surface area contributed by atoms with Gasteiger partial charge >= 0.3 is 0 Å². The molecule has 0 aliphatic heterocycles. The van der Waals surface area contributed by atoms with E-state index in [1.165, 1.54) is 18.3 Å². The maximum absolute atomic E-state index is 12.9. The molecule has 0 unspecified atom stereocenters. The number of nitro groups is 1. The topological polar surface area (TPSA) is 112 Å². The summed E-state index contributed by atoms with van der Waals surface area (Å²) in [6.45, 7) is 4.88. The van der Waals surface area contributed by atoms with Gasteiger partial charge in [0.25, 0.3) is 11.2 Å². The Bertz CT molecular complexity index is 1110. The lowest BCUT2D eigenvalue weighted by atomic mass is 10.2. The Morgan fingerprint density at radius 2 is 1.97 bits per heavy atom. The maximum Gasteiger partial charge on any atom is 0.269 e. The molecular weight excluding hydrogens is 386 g/mol. The standard InChI is InChI=1S/C21H23N5O4/c1-15(2)30-13-5-12-25-20(27)18-6-3-4-7-19(18)23-21(25)24-22-14-16-8-10-17(11-9-16)26(28)29/h3-4,6-11,14-15H,5,12-13H2,1-2H3,(H,23,24)/b22-14-. The summed E-state index contributed by atoms with van der Waals surface area (Å²) in [5.74, 6) is 0.321. The number of para-hydroxylation sites is 1. The van der Waals surface area contributed by atoms with E-state index in [2.05, 4.69) is 15.5 Å². The van der Waals surface area contributed by atoms with Crippen LogP contribution in [0.15, 0.2) is 58.4 Å². The highest BCUT2D eigenvalue weighted by molar-refractivity contribution is 5.81. The molecule has 3 rings (SSSR count). The van der Waals surface area contributed by atoms with E-state index in [1.807, 2.05) is 19.9 Å². The number of non-ortho nitro benzene ring substituents is 1. The molecule has 1 aromatic heterocycles. The van der Waals surface area contributed by atoms with E-state index < -0.39 is 4.92 Å². The number of anilines is 1. The highest BCUT2D eigenvalue weighted by Crippen LogP contribution is 2.13. The van der Waals surface area contributed by atoms with Crippen LogP contribution in [-0.2, 0) is 11.3 Å². The second-order valence-corrected chi connectivity index (χ2v) is 6.90. The summed E-state index contributed by atoms with van der Waals surface area (Å²) in [6, 6.07) is 13.1. The fourth-order valence-electron chi connectivity index (χ4n) is 2.85. The van der Waals surface area contributed by atoms with E-state index in [9.17, 15) is 14.9 Å². The van der Waals surface area contributed by atoms with Crippen molar-refractivity contribution in [2.24, 2.45) is 5.10 Å². The Labute approximate surface area is 173 Å². The molecule has 0 saturated heterocycles. The van der Waals surface area contributed by atoms with Gasteiger partial charge in [0.2, 0.25) is 5.95 Å². The summed E-state index contributed by atoms with van der Waals surface area (Å²) in [7, 11) is 0. The highest BCUT2D eigenvalue weighted by atomic mass is 16.6. The molecule has 0 aliphatic rings. The SMILES string of the molecule is CC(C)OCCCn1c(N/N=C\c2ccc([N+](=O)[O-])cc2)nc2ccccc2c1=O. The van der Waals surface area contributed by atoms with Crippen molar-refractivity contribution in [3.8, 4) is 0 Å². The quantitative estimate of drug-likeness (QED) is 0.250. The first-order valence-electron chi connectivity index (χ1n) is 9.60. The van der Waals surface area contributed by atoms with Gasteiger partial charge in [-0.15, -0.1) is 0 Å². The first-order valence-corrected chi connectivity index (χ1v) is 9.60. The van der Waals surface area contributed by atoms with Gasteiger partial charge in [-0.3, -0.25) is 19.5 Å². The van der Waals surface area contributed by atoms with E-state index >= 15 is 0 Å². The molecule has 9 heteroatoms. The molecular formula is C21H23N5O4. The summed E-state index contributed by atoms with van der Waals surface area (Å²) >= 11 is 0. The van der Waals surface area contributed by atoms with Crippen molar-refractivity contribution in [1.29, 1.82) is 0 Å². The van der Waals surface area contributed by atoms with Crippen LogP contribution < -0.4 is 11.0 Å². The molecule has 0 spiro atoms. The molecule has 156 valence electrons. The van der Waals surface area contributed by atoms with Crippen molar-refractivity contribution in [1.82, 2.24) is 9.55 Å². The summed E-state index contributed by atoms with van der Waals surface area (Å²) in [5.41, 5.74) is 3.93. The zero-order valence-corrected chi connectivity index (χ0v) is 16.8. The van der Waals surface area contributed by atoms with Crippen LogP contribution in [-0.4, -0.2) is 33.4 Å². The second-order valence-electron chi connectivity index (χ2n) is 6.90. The molecule has 2 aromatic carbocycles. The van der Waals surface area contributed by atoms with Crippen LogP contribution in [0.5, 0.6) is 0 Å². The zero-order valence-electron chi connectivity index (χ0n) is 16.8. The lowest BCUT2D eigenvalue weighted by Crippen LogP contribution is -2.25. The Morgan fingerprint density at radius 1 is 1.23 bits per heavy atom. The largest absolute Gasteiger partial charge is 0.379 e. The number of fused-ring (bicyclic) bond motifs is 1. The van der Waals surface area contributed by atoms with Gasteiger partial charge in [-0.05, 0) is 50.1 Å². The van der Waals surface area contributed by atoms with Gasteiger partial charge in [-0.2, -0.15) is 5.10 Å². The van der Waals surface area contributed by atoms with E-state index in [0.717, 1.165) is 0 Å². The van der Waals surface area contributed by atoms with Crippen molar-refractivity contribution in [2.75, 3.05) is 12.0 Å². The third-order valence-electron chi connectivity index (χ3n) is 4.32. The van der Waals surface area contributed by atoms with Gasteiger partial charge in [0, 0.05) is 25.3 Å². The van der Waals surface area contributed by atoms with Gasteiger partial charge in [0.05, 0.1) is 28.1 Å². The molecule has 30 heavy (non-hydrogen) atoms. The van der Waals surface area contributed by atoms with Crippen molar-refractivity contribution in [3.05, 3.63) is 74.6 Å². The number of nitrogens with zero attached hydrogens (tertiary/aromatic N) is 4. The zero-order chi connectivity index (χ0) is 21.5. The molecule has 0 amide bonds. The molecule has 0 aliphatic carbocycles. The molecule has 1 heterocycles. The van der Waals surface area contributed by atoms with Crippen molar-refractivity contribution in [3.63, 3.8) is 0 Å². The normalized spacial score (nSPS) is 11.4. The highest BCUT2D eigenvalue weighted by Gasteiger charge is 2.10. The molecule has 3 aromatic rings. The Hall–Kier alpha value is -3.59. The van der Waals surface area contributed by atoms with Crippen molar-refractivity contribution >= 4 is 28.8 Å². The molecule has 9 nitrogen and oxygen atoms in total. The number of hydrogen-bond acceptors (Lipinski definition) is 7. The van der Waals surface area contributed by atoms with E-state index in [-0.39, 0.29) is 17.4 Å². The number of nitro benzene ring substituents is 1. The van der Waals surface area contributed by atoms with Gasteiger partial charge in [0.15, 0.2) is 0 Å². The van der Waals surface area contributed by atoms with Gasteiger partial charge < -0.3 is 4.74 Å². The van der Waals surface area contributed by atoms with Crippen LogP contribution in [0.3, 0.4) is 0 Å². The summed E-state index contributed by atoms with van der Waals surface area (Å²) in [6.07, 6.45) is 2.29. The maximum atomic E-state index is 12.9. The predicted octanol–water partition coefficient (Wildman–Crippen LogP) is 3.57. The number of hydrogen-bond donors (Lipinski definition) is 1. The minimum atomic E-state index is -0.458. The van der Waals surface area contributed by atoms with Crippen LogP contribution in [0.2, 0.25) is 0 Å². The van der Waals surface area contributed by atoms with Gasteiger partial charge in [0.1, 0.15) is 0 Å². The summed E-state index contributed by atoms with van der Waals surface area (Å²) in [5, 5.41) is 15.4. The smallest absolute Gasteiger partial charge is 0.269 e. The van der Waals surface area contributed by atoms with E-state index in [0.29, 0.717) is 42.0 Å². The van der Waals surface area contributed by atoms with Gasteiger partial charge in [-0.25, -0.2) is 10.4 Å². The molecule has 0 saturated carbocycles. The molecule has 1 N–H and O–H groups in total. The lowest BCUT2D eigenvalue weighted by molar-refractivity contribution is -0.384. The Balaban J connectivity index is 1.82. The fourth-order valence-corrected chi connectivity index (χ4v) is 2.85. The molecule has 0 atom stereocenters. The van der Waals surface area contributed by atoms with Crippen LogP contribution in [0, 0.1) is 10.1 Å². The van der Waals surface area contributed by atoms with E-state index in [4.69, 9.17) is 4.74 Å². The summed E-state index contributed by atoms with van der Waals surface area (Å²) < 4.78 is 7.10. The number of aromatic nitrogens is 2. The Kier molecular flexibility index (Phi) is 6.87. The average molecular weight is 409 g/mol. The fraction of sp³-hybridized carbons (Fsp3) is 0.286. The van der Waals surface area contributed by atoms with Crippen LogP contribution >= 0.6 is 0 Å². The second kappa shape index (κ2) is 9.75. The average Bonchev–Trinajstić information content (AvgIpc) is 2.73. The van der Waals surface area contributed by atoms with Crippen LogP contribution in [0.25, 0.3) is 10.9 Å².